The van der Waals surface area contributed by atoms with Crippen molar-refractivity contribution in [2.24, 2.45) is 0 Å². The predicted octanol–water partition coefficient (Wildman–Crippen LogP) is 5.62. The quantitative estimate of drug-likeness (QED) is 0.405. The topological polar surface area (TPSA) is 56.2 Å². The van der Waals surface area contributed by atoms with Gasteiger partial charge in [0.25, 0.3) is 5.91 Å². The molecular weight excluding hydrogens is 425 g/mol. The molecule has 5 nitrogen and oxygen atoms in total. The highest BCUT2D eigenvalue weighted by Crippen LogP contribution is 2.20. The second kappa shape index (κ2) is 9.11. The van der Waals surface area contributed by atoms with E-state index in [-0.39, 0.29) is 18.3 Å². The van der Waals surface area contributed by atoms with Gasteiger partial charge in [-0.1, -0.05) is 29.8 Å². The molecule has 152 valence electrons. The summed E-state index contributed by atoms with van der Waals surface area (Å²) in [5.74, 6) is 0.570. The molecule has 0 saturated heterocycles. The van der Waals surface area contributed by atoms with Gasteiger partial charge >= 0.3 is 0 Å². The van der Waals surface area contributed by atoms with Gasteiger partial charge in [0.1, 0.15) is 18.2 Å². The molecule has 2 heterocycles. The zero-order valence-corrected chi connectivity index (χ0v) is 17.3. The van der Waals surface area contributed by atoms with Gasteiger partial charge in [0.05, 0.1) is 11.4 Å². The Labute approximate surface area is 181 Å². The molecule has 30 heavy (non-hydrogen) atoms. The second-order valence-electron chi connectivity index (χ2n) is 6.51. The Morgan fingerprint density at radius 1 is 1.17 bits per heavy atom. The molecule has 2 aromatic heterocycles. The first-order valence-electron chi connectivity index (χ1n) is 9.11. The minimum atomic E-state index is -0.287. The molecule has 1 amide bonds. The van der Waals surface area contributed by atoms with Crippen LogP contribution >= 0.6 is 22.9 Å². The number of carbonyl (C=O) groups excluding carboxylic acids is 1. The first-order valence-corrected chi connectivity index (χ1v) is 10.4. The van der Waals surface area contributed by atoms with E-state index in [0.717, 1.165) is 5.56 Å². The van der Waals surface area contributed by atoms with Crippen LogP contribution in [0.3, 0.4) is 0 Å². The van der Waals surface area contributed by atoms with Crippen LogP contribution in [-0.4, -0.2) is 15.7 Å². The zero-order chi connectivity index (χ0) is 20.9. The highest BCUT2D eigenvalue weighted by molar-refractivity contribution is 7.12. The summed E-state index contributed by atoms with van der Waals surface area (Å²) in [7, 11) is 0. The van der Waals surface area contributed by atoms with Gasteiger partial charge in [0.15, 0.2) is 5.82 Å². The summed E-state index contributed by atoms with van der Waals surface area (Å²) in [6, 6.07) is 17.1. The highest BCUT2D eigenvalue weighted by atomic mass is 35.5. The maximum atomic E-state index is 13.8. The molecule has 0 spiro atoms. The van der Waals surface area contributed by atoms with Crippen LogP contribution in [0, 0.1) is 5.82 Å². The number of amides is 1. The van der Waals surface area contributed by atoms with E-state index in [1.807, 2.05) is 5.38 Å². The summed E-state index contributed by atoms with van der Waals surface area (Å²) in [4.78, 5) is 13.0. The highest BCUT2D eigenvalue weighted by Gasteiger charge is 2.12. The molecule has 0 bridgehead atoms. The summed E-state index contributed by atoms with van der Waals surface area (Å²) >= 11 is 7.19. The van der Waals surface area contributed by atoms with E-state index < -0.39 is 0 Å². The van der Waals surface area contributed by atoms with Crippen LogP contribution in [0.5, 0.6) is 5.75 Å². The smallest absolute Gasteiger partial charge is 0.266 e. The van der Waals surface area contributed by atoms with E-state index in [1.165, 1.54) is 17.4 Å². The van der Waals surface area contributed by atoms with Crippen LogP contribution in [-0.2, 0) is 13.2 Å². The van der Waals surface area contributed by atoms with Crippen LogP contribution in [0.15, 0.2) is 72.2 Å². The Kier molecular flexibility index (Phi) is 6.11. The molecule has 2 aromatic carbocycles. The first kappa shape index (κ1) is 20.1. The summed E-state index contributed by atoms with van der Waals surface area (Å²) in [5, 5.41) is 9.57. The van der Waals surface area contributed by atoms with Crippen molar-refractivity contribution in [1.29, 1.82) is 0 Å². The van der Waals surface area contributed by atoms with Gasteiger partial charge in [-0.25, -0.2) is 4.39 Å². The maximum absolute atomic E-state index is 13.8. The lowest BCUT2D eigenvalue weighted by Gasteiger charge is -2.04. The normalized spacial score (nSPS) is 10.7. The Bertz CT molecular complexity index is 1160. The SMILES string of the molecule is O=C(Nc1ccn(Cc2ccccc2F)n1)c1cc(COc2ccc(Cl)cc2)cs1. The monoisotopic (exact) mass is 441 g/mol. The van der Waals surface area contributed by atoms with E-state index >= 15 is 0 Å². The molecule has 0 atom stereocenters. The maximum Gasteiger partial charge on any atom is 0.266 e. The molecular formula is C22H17ClFN3O2S. The predicted molar refractivity (Wildman–Crippen MR) is 116 cm³/mol. The molecule has 0 fully saturated rings. The van der Waals surface area contributed by atoms with Crippen LogP contribution in [0.2, 0.25) is 5.02 Å². The van der Waals surface area contributed by atoms with Crippen molar-refractivity contribution >= 4 is 34.7 Å². The minimum absolute atomic E-state index is 0.256. The third-order valence-corrected chi connectivity index (χ3v) is 5.50. The van der Waals surface area contributed by atoms with E-state index in [4.69, 9.17) is 16.3 Å². The van der Waals surface area contributed by atoms with Crippen LogP contribution in [0.25, 0.3) is 0 Å². The summed E-state index contributed by atoms with van der Waals surface area (Å²) < 4.78 is 21.1. The lowest BCUT2D eigenvalue weighted by Crippen LogP contribution is -2.11. The molecule has 0 aliphatic carbocycles. The van der Waals surface area contributed by atoms with Crippen molar-refractivity contribution in [2.45, 2.75) is 13.2 Å². The van der Waals surface area contributed by atoms with Gasteiger partial charge in [-0.15, -0.1) is 11.3 Å². The number of carbonyl (C=O) groups is 1. The summed E-state index contributed by atoms with van der Waals surface area (Å²) in [6.07, 6.45) is 1.70. The fraction of sp³-hybridized carbons (Fsp3) is 0.0909. The standard InChI is InChI=1S/C22H17ClFN3O2S/c23-17-5-7-18(8-6-17)29-13-15-11-20(30-14-15)22(28)25-21-9-10-27(26-21)12-16-3-1-2-4-19(16)24/h1-11,14H,12-13H2,(H,25,26,28). The molecule has 0 aliphatic heterocycles. The molecule has 4 rings (SSSR count). The van der Waals surface area contributed by atoms with Gasteiger partial charge in [0, 0.05) is 28.4 Å². The minimum Gasteiger partial charge on any atom is -0.489 e. The summed E-state index contributed by atoms with van der Waals surface area (Å²) in [5.41, 5.74) is 1.42. The van der Waals surface area contributed by atoms with Crippen LogP contribution in [0.1, 0.15) is 20.8 Å². The largest absolute Gasteiger partial charge is 0.489 e. The number of anilines is 1. The molecule has 4 aromatic rings. The van der Waals surface area contributed by atoms with Crippen LogP contribution in [0.4, 0.5) is 10.2 Å². The number of thiophene rings is 1. The number of hydrogen-bond acceptors (Lipinski definition) is 4. The first-order chi connectivity index (χ1) is 14.6. The van der Waals surface area contributed by atoms with Gasteiger partial charge in [-0.3, -0.25) is 9.48 Å². The molecule has 0 aliphatic rings. The molecule has 8 heteroatoms. The molecule has 0 saturated carbocycles. The molecule has 0 radical (unpaired) electrons. The Balaban J connectivity index is 1.34. The average molecular weight is 442 g/mol. The van der Waals surface area contributed by atoms with Gasteiger partial charge < -0.3 is 10.1 Å². The number of nitrogens with one attached hydrogen (secondary N) is 1. The van der Waals surface area contributed by atoms with E-state index in [9.17, 15) is 9.18 Å². The van der Waals surface area contributed by atoms with Crippen molar-refractivity contribution in [1.82, 2.24) is 9.78 Å². The molecule has 0 unspecified atom stereocenters. The number of ether oxygens (including phenoxy) is 1. The fourth-order valence-corrected chi connectivity index (χ4v) is 3.68. The van der Waals surface area contributed by atoms with Crippen molar-refractivity contribution < 1.29 is 13.9 Å². The number of benzene rings is 2. The second-order valence-corrected chi connectivity index (χ2v) is 7.85. The Morgan fingerprint density at radius 2 is 1.97 bits per heavy atom. The van der Waals surface area contributed by atoms with Crippen molar-refractivity contribution in [3.05, 3.63) is 99.1 Å². The van der Waals surface area contributed by atoms with E-state index in [0.29, 0.717) is 33.6 Å². The average Bonchev–Trinajstić information content (AvgIpc) is 3.39. The summed E-state index contributed by atoms with van der Waals surface area (Å²) in [6.45, 7) is 0.635. The van der Waals surface area contributed by atoms with E-state index in [2.05, 4.69) is 10.4 Å². The van der Waals surface area contributed by atoms with Crippen molar-refractivity contribution in [3.63, 3.8) is 0 Å². The zero-order valence-electron chi connectivity index (χ0n) is 15.7. The van der Waals surface area contributed by atoms with Crippen molar-refractivity contribution in [3.8, 4) is 5.75 Å². The van der Waals surface area contributed by atoms with Crippen LogP contribution < -0.4 is 10.1 Å². The third kappa shape index (κ3) is 5.06. The van der Waals surface area contributed by atoms with Gasteiger partial charge in [0.2, 0.25) is 0 Å². The molecule has 1 N–H and O–H groups in total. The van der Waals surface area contributed by atoms with Crippen molar-refractivity contribution in [2.75, 3.05) is 5.32 Å². The Hall–Kier alpha value is -3.16. The number of nitrogens with zero attached hydrogens (tertiary/aromatic N) is 2. The lowest BCUT2D eigenvalue weighted by atomic mass is 10.2. The fourth-order valence-electron chi connectivity index (χ4n) is 2.76. The van der Waals surface area contributed by atoms with E-state index in [1.54, 1.807) is 65.5 Å². The number of halogens is 2. The van der Waals surface area contributed by atoms with Gasteiger partial charge in [-0.05, 0) is 41.8 Å². The third-order valence-electron chi connectivity index (χ3n) is 4.27. The Morgan fingerprint density at radius 3 is 2.77 bits per heavy atom. The number of rotatable bonds is 7. The van der Waals surface area contributed by atoms with Gasteiger partial charge in [-0.2, -0.15) is 5.10 Å². The number of aromatic nitrogens is 2. The number of hydrogen-bond donors (Lipinski definition) is 1. The lowest BCUT2D eigenvalue weighted by molar-refractivity contribution is 0.103.